The molecule has 0 aliphatic carbocycles. The molecule has 4 nitrogen and oxygen atoms in total. The minimum absolute atomic E-state index is 0.177. The first-order valence-electron chi connectivity index (χ1n) is 8.21. The van der Waals surface area contributed by atoms with E-state index in [1.807, 2.05) is 36.1 Å². The molecule has 22 heavy (non-hydrogen) atoms. The Morgan fingerprint density at radius 3 is 2.64 bits per heavy atom. The maximum absolute atomic E-state index is 12.7. The molecule has 0 radical (unpaired) electrons. The Morgan fingerprint density at radius 2 is 1.91 bits per heavy atom. The first kappa shape index (κ1) is 15.5. The van der Waals surface area contributed by atoms with Crippen molar-refractivity contribution < 1.29 is 9.53 Å². The van der Waals surface area contributed by atoms with Crippen LogP contribution in [0.2, 0.25) is 0 Å². The van der Waals surface area contributed by atoms with Crippen LogP contribution < -0.4 is 0 Å². The van der Waals surface area contributed by atoms with Crippen molar-refractivity contribution in [2.75, 3.05) is 46.4 Å². The van der Waals surface area contributed by atoms with Gasteiger partial charge in [-0.1, -0.05) is 18.2 Å². The third-order valence-electron chi connectivity index (χ3n) is 5.12. The topological polar surface area (TPSA) is 32.8 Å². The number of rotatable bonds is 1. The average molecular weight is 302 g/mol. The highest BCUT2D eigenvalue weighted by Gasteiger charge is 2.38. The summed E-state index contributed by atoms with van der Waals surface area (Å²) in [4.78, 5) is 17.1. The number of hydrogen-bond donors (Lipinski definition) is 0. The number of aryl methyl sites for hydroxylation is 1. The highest BCUT2D eigenvalue weighted by molar-refractivity contribution is 5.95. The molecule has 2 heterocycles. The summed E-state index contributed by atoms with van der Waals surface area (Å²) in [6.07, 6.45) is 2.07. The zero-order valence-corrected chi connectivity index (χ0v) is 13.7. The lowest BCUT2D eigenvalue weighted by atomic mass is 9.78. The van der Waals surface area contributed by atoms with E-state index in [1.54, 1.807) is 0 Å². The third kappa shape index (κ3) is 3.18. The van der Waals surface area contributed by atoms with Crippen LogP contribution >= 0.6 is 0 Å². The fourth-order valence-corrected chi connectivity index (χ4v) is 3.68. The summed E-state index contributed by atoms with van der Waals surface area (Å²) in [5.74, 6) is 0.177. The normalized spacial score (nSPS) is 22.5. The monoisotopic (exact) mass is 302 g/mol. The Bertz CT molecular complexity index is 536. The third-order valence-corrected chi connectivity index (χ3v) is 5.12. The molecule has 0 atom stereocenters. The van der Waals surface area contributed by atoms with Crippen LogP contribution in [0.3, 0.4) is 0 Å². The van der Waals surface area contributed by atoms with E-state index in [9.17, 15) is 4.79 Å². The highest BCUT2D eigenvalue weighted by atomic mass is 16.5. The van der Waals surface area contributed by atoms with Crippen molar-refractivity contribution in [2.24, 2.45) is 5.41 Å². The van der Waals surface area contributed by atoms with Crippen LogP contribution in [0, 0.1) is 12.3 Å². The van der Waals surface area contributed by atoms with Gasteiger partial charge in [0.25, 0.3) is 5.91 Å². The maximum atomic E-state index is 12.7. The van der Waals surface area contributed by atoms with Gasteiger partial charge in [0, 0.05) is 37.2 Å². The van der Waals surface area contributed by atoms with Gasteiger partial charge in [-0.05, 0) is 38.4 Å². The van der Waals surface area contributed by atoms with Crippen molar-refractivity contribution in [3.8, 4) is 0 Å². The number of carbonyl (C=O) groups excluding carboxylic acids is 1. The van der Waals surface area contributed by atoms with Gasteiger partial charge in [0.05, 0.1) is 13.2 Å². The summed E-state index contributed by atoms with van der Waals surface area (Å²) in [7, 11) is 2.17. The van der Waals surface area contributed by atoms with Crippen LogP contribution in [0.15, 0.2) is 24.3 Å². The van der Waals surface area contributed by atoms with Crippen LogP contribution in [0.4, 0.5) is 0 Å². The summed E-state index contributed by atoms with van der Waals surface area (Å²) in [6, 6.07) is 7.87. The standard InChI is InChI=1S/C18H26N2O2/c1-15-5-3-4-6-16(15)17(21)20-9-7-18(8-10-20)13-19(2)11-12-22-14-18/h3-6H,7-14H2,1-2H3. The van der Waals surface area contributed by atoms with Gasteiger partial charge in [-0.25, -0.2) is 0 Å². The number of ether oxygens (including phenoxy) is 1. The van der Waals surface area contributed by atoms with E-state index in [4.69, 9.17) is 4.74 Å². The second-order valence-electron chi connectivity index (χ2n) is 6.90. The van der Waals surface area contributed by atoms with E-state index < -0.39 is 0 Å². The molecule has 3 rings (SSSR count). The van der Waals surface area contributed by atoms with Crippen molar-refractivity contribution in [1.29, 1.82) is 0 Å². The molecule has 2 aliphatic rings. The fourth-order valence-electron chi connectivity index (χ4n) is 3.68. The lowest BCUT2D eigenvalue weighted by molar-refractivity contribution is 0.0161. The average Bonchev–Trinajstić information content (AvgIpc) is 2.69. The van der Waals surface area contributed by atoms with Crippen molar-refractivity contribution in [3.05, 3.63) is 35.4 Å². The molecule has 120 valence electrons. The maximum Gasteiger partial charge on any atom is 0.254 e. The highest BCUT2D eigenvalue weighted by Crippen LogP contribution is 2.34. The number of amides is 1. The van der Waals surface area contributed by atoms with E-state index in [2.05, 4.69) is 11.9 Å². The van der Waals surface area contributed by atoms with Gasteiger partial charge in [-0.3, -0.25) is 4.79 Å². The van der Waals surface area contributed by atoms with E-state index in [1.165, 1.54) is 0 Å². The van der Waals surface area contributed by atoms with E-state index in [0.29, 0.717) is 0 Å². The van der Waals surface area contributed by atoms with Crippen LogP contribution in [-0.4, -0.2) is 62.1 Å². The summed E-state index contributed by atoms with van der Waals surface area (Å²) in [6.45, 7) is 7.43. The fraction of sp³-hybridized carbons (Fsp3) is 0.611. The van der Waals surface area contributed by atoms with E-state index in [0.717, 1.165) is 63.4 Å². The summed E-state index contributed by atoms with van der Waals surface area (Å²) in [5.41, 5.74) is 2.13. The van der Waals surface area contributed by atoms with Crippen molar-refractivity contribution in [2.45, 2.75) is 19.8 Å². The number of piperidine rings is 1. The Morgan fingerprint density at radius 1 is 1.18 bits per heavy atom. The molecule has 2 saturated heterocycles. The van der Waals surface area contributed by atoms with Crippen LogP contribution in [0.5, 0.6) is 0 Å². The minimum Gasteiger partial charge on any atom is -0.379 e. The summed E-state index contributed by atoms with van der Waals surface area (Å²) < 4.78 is 5.81. The number of hydrogen-bond acceptors (Lipinski definition) is 3. The molecule has 0 bridgehead atoms. The molecule has 1 amide bonds. The van der Waals surface area contributed by atoms with Gasteiger partial charge < -0.3 is 14.5 Å². The second-order valence-corrected chi connectivity index (χ2v) is 6.90. The Hall–Kier alpha value is -1.39. The number of nitrogens with zero attached hydrogens (tertiary/aromatic N) is 2. The van der Waals surface area contributed by atoms with Crippen molar-refractivity contribution in [1.82, 2.24) is 9.80 Å². The smallest absolute Gasteiger partial charge is 0.254 e. The molecule has 1 aromatic carbocycles. The summed E-state index contributed by atoms with van der Waals surface area (Å²) in [5, 5.41) is 0. The SMILES string of the molecule is Cc1ccccc1C(=O)N1CCC2(CC1)COCCN(C)C2. The van der Waals surface area contributed by atoms with Crippen molar-refractivity contribution >= 4 is 5.91 Å². The molecule has 0 unspecified atom stereocenters. The molecule has 0 N–H and O–H groups in total. The predicted molar refractivity (Wildman–Crippen MR) is 87.1 cm³/mol. The van der Waals surface area contributed by atoms with E-state index >= 15 is 0 Å². The largest absolute Gasteiger partial charge is 0.379 e. The molecule has 0 aromatic heterocycles. The van der Waals surface area contributed by atoms with Crippen LogP contribution in [0.1, 0.15) is 28.8 Å². The van der Waals surface area contributed by atoms with Gasteiger partial charge >= 0.3 is 0 Å². The first-order chi connectivity index (χ1) is 10.6. The lowest BCUT2D eigenvalue weighted by Gasteiger charge is -2.42. The van der Waals surface area contributed by atoms with Gasteiger partial charge in [0.2, 0.25) is 0 Å². The molecule has 0 saturated carbocycles. The Balaban J connectivity index is 1.66. The number of benzene rings is 1. The van der Waals surface area contributed by atoms with Gasteiger partial charge in [0.15, 0.2) is 0 Å². The van der Waals surface area contributed by atoms with Gasteiger partial charge in [0.1, 0.15) is 0 Å². The van der Waals surface area contributed by atoms with Gasteiger partial charge in [-0.15, -0.1) is 0 Å². The molecule has 4 heteroatoms. The molecule has 1 aromatic rings. The quantitative estimate of drug-likeness (QED) is 0.797. The molecule has 1 spiro atoms. The number of likely N-dealkylation sites (N-methyl/N-ethyl adjacent to an activating group) is 1. The second kappa shape index (κ2) is 6.39. The Kier molecular flexibility index (Phi) is 4.50. The lowest BCUT2D eigenvalue weighted by Crippen LogP contribution is -2.48. The molecule has 2 aliphatic heterocycles. The summed E-state index contributed by atoms with van der Waals surface area (Å²) >= 11 is 0. The number of carbonyl (C=O) groups is 1. The predicted octanol–water partition coefficient (Wildman–Crippen LogP) is 2.18. The zero-order chi connectivity index (χ0) is 15.6. The molecular weight excluding hydrogens is 276 g/mol. The minimum atomic E-state index is 0.177. The Labute approximate surface area is 133 Å². The van der Waals surface area contributed by atoms with Crippen molar-refractivity contribution in [3.63, 3.8) is 0 Å². The van der Waals surface area contributed by atoms with E-state index in [-0.39, 0.29) is 11.3 Å². The first-order valence-corrected chi connectivity index (χ1v) is 8.21. The number of likely N-dealkylation sites (tertiary alicyclic amines) is 1. The van der Waals surface area contributed by atoms with Crippen LogP contribution in [0.25, 0.3) is 0 Å². The molecular formula is C18H26N2O2. The van der Waals surface area contributed by atoms with Gasteiger partial charge in [-0.2, -0.15) is 0 Å². The zero-order valence-electron chi connectivity index (χ0n) is 13.7. The molecule has 2 fully saturated rings. The van der Waals surface area contributed by atoms with Crippen LogP contribution in [-0.2, 0) is 4.74 Å².